The summed E-state index contributed by atoms with van der Waals surface area (Å²) in [6, 6.07) is 0.410. The zero-order valence-corrected chi connectivity index (χ0v) is 8.73. The van der Waals surface area contributed by atoms with E-state index in [2.05, 4.69) is 12.0 Å². The lowest BCUT2D eigenvalue weighted by molar-refractivity contribution is 0.00398. The Morgan fingerprint density at radius 2 is 2.43 bits per heavy atom. The quantitative estimate of drug-likeness (QED) is 0.739. The van der Waals surface area contributed by atoms with E-state index in [-0.39, 0.29) is 0 Å². The number of rotatable bonds is 1. The number of aryl methyl sites for hydroxylation is 1. The minimum Gasteiger partial charge on any atom is -0.384 e. The average Bonchev–Trinajstić information content (AvgIpc) is 2.48. The molecule has 0 bridgehead atoms. The Morgan fingerprint density at radius 1 is 1.64 bits per heavy atom. The number of aromatic nitrogens is 2. The van der Waals surface area contributed by atoms with Gasteiger partial charge in [0.25, 0.3) is 0 Å². The number of ether oxygens (including phenoxy) is 1. The molecule has 2 atom stereocenters. The number of anilines is 1. The van der Waals surface area contributed by atoms with Crippen molar-refractivity contribution < 1.29 is 4.74 Å². The normalized spacial score (nSPS) is 27.9. The first-order valence-corrected chi connectivity index (χ1v) is 5.09. The Morgan fingerprint density at radius 3 is 3.00 bits per heavy atom. The van der Waals surface area contributed by atoms with Crippen molar-refractivity contribution in [3.8, 4) is 0 Å². The summed E-state index contributed by atoms with van der Waals surface area (Å²) < 4.78 is 7.43. The topological polar surface area (TPSA) is 53.1 Å². The first-order valence-electron chi connectivity index (χ1n) is 5.09. The first kappa shape index (κ1) is 9.52. The smallest absolute Gasteiger partial charge is 0.124 e. The Hall–Kier alpha value is -1.03. The van der Waals surface area contributed by atoms with Crippen LogP contribution in [0.3, 0.4) is 0 Å². The molecule has 1 aliphatic heterocycles. The van der Waals surface area contributed by atoms with Gasteiger partial charge in [0.1, 0.15) is 5.82 Å². The Balaban J connectivity index is 2.18. The second kappa shape index (κ2) is 3.61. The molecule has 1 aromatic heterocycles. The Bertz CT molecular complexity index is 321. The molecule has 78 valence electrons. The largest absolute Gasteiger partial charge is 0.384 e. The summed E-state index contributed by atoms with van der Waals surface area (Å²) >= 11 is 0. The number of hydrogen-bond donors (Lipinski definition) is 1. The van der Waals surface area contributed by atoms with E-state index in [0.717, 1.165) is 30.8 Å². The highest BCUT2D eigenvalue weighted by atomic mass is 16.5. The lowest BCUT2D eigenvalue weighted by atomic mass is 10.0. The van der Waals surface area contributed by atoms with E-state index in [1.807, 2.05) is 17.8 Å². The molecule has 0 spiro atoms. The van der Waals surface area contributed by atoms with Gasteiger partial charge in [-0.05, 0) is 26.7 Å². The fourth-order valence-corrected chi connectivity index (χ4v) is 1.95. The molecule has 14 heavy (non-hydrogen) atoms. The second-order valence-corrected chi connectivity index (χ2v) is 4.02. The van der Waals surface area contributed by atoms with Gasteiger partial charge in [-0.25, -0.2) is 4.68 Å². The summed E-state index contributed by atoms with van der Waals surface area (Å²) in [5.74, 6) is 0.795. The van der Waals surface area contributed by atoms with Crippen LogP contribution in [0.15, 0.2) is 6.20 Å². The molecule has 2 rings (SSSR count). The molecule has 0 saturated carbocycles. The molecular weight excluding hydrogens is 178 g/mol. The van der Waals surface area contributed by atoms with Gasteiger partial charge in [-0.15, -0.1) is 0 Å². The predicted molar refractivity (Wildman–Crippen MR) is 55.1 cm³/mol. The monoisotopic (exact) mass is 195 g/mol. The molecule has 4 nitrogen and oxygen atoms in total. The van der Waals surface area contributed by atoms with Gasteiger partial charge < -0.3 is 10.5 Å². The molecule has 2 heterocycles. The number of nitrogen functional groups attached to an aromatic ring is 1. The van der Waals surface area contributed by atoms with Gasteiger partial charge in [0, 0.05) is 12.2 Å². The van der Waals surface area contributed by atoms with Crippen LogP contribution in [0.2, 0.25) is 0 Å². The standard InChI is InChI=1S/C10H17N3O/c1-7-6-12-13(10(7)11)9-3-4-14-8(2)5-9/h6,8-9H,3-5,11H2,1-2H3. The zero-order chi connectivity index (χ0) is 10.1. The molecule has 2 N–H and O–H groups in total. The summed E-state index contributed by atoms with van der Waals surface area (Å²) in [4.78, 5) is 0. The summed E-state index contributed by atoms with van der Waals surface area (Å²) in [6.45, 7) is 4.89. The lowest BCUT2D eigenvalue weighted by Crippen LogP contribution is -2.26. The fourth-order valence-electron chi connectivity index (χ4n) is 1.95. The number of hydrogen-bond acceptors (Lipinski definition) is 3. The average molecular weight is 195 g/mol. The summed E-state index contributed by atoms with van der Waals surface area (Å²) in [7, 11) is 0. The summed E-state index contributed by atoms with van der Waals surface area (Å²) in [5.41, 5.74) is 7.00. The molecule has 4 heteroatoms. The van der Waals surface area contributed by atoms with Crippen LogP contribution in [-0.4, -0.2) is 22.5 Å². The summed E-state index contributed by atoms with van der Waals surface area (Å²) in [5, 5.41) is 4.31. The molecule has 1 fully saturated rings. The third-order valence-corrected chi connectivity index (χ3v) is 2.83. The molecule has 1 aliphatic rings. The van der Waals surface area contributed by atoms with Crippen molar-refractivity contribution in [1.82, 2.24) is 9.78 Å². The third kappa shape index (κ3) is 1.62. The Kier molecular flexibility index (Phi) is 2.46. The van der Waals surface area contributed by atoms with Crippen LogP contribution in [0.25, 0.3) is 0 Å². The van der Waals surface area contributed by atoms with Gasteiger partial charge in [0.2, 0.25) is 0 Å². The maximum Gasteiger partial charge on any atom is 0.124 e. The van der Waals surface area contributed by atoms with E-state index >= 15 is 0 Å². The second-order valence-electron chi connectivity index (χ2n) is 4.02. The van der Waals surface area contributed by atoms with Crippen LogP contribution < -0.4 is 5.73 Å². The number of nitrogens with zero attached hydrogens (tertiary/aromatic N) is 2. The maximum absolute atomic E-state index is 5.94. The van der Waals surface area contributed by atoms with Crippen molar-refractivity contribution >= 4 is 5.82 Å². The van der Waals surface area contributed by atoms with Gasteiger partial charge in [-0.2, -0.15) is 5.10 Å². The maximum atomic E-state index is 5.94. The van der Waals surface area contributed by atoms with Gasteiger partial charge >= 0.3 is 0 Å². The number of nitrogens with two attached hydrogens (primary N) is 1. The van der Waals surface area contributed by atoms with E-state index < -0.39 is 0 Å². The highest BCUT2D eigenvalue weighted by Crippen LogP contribution is 2.27. The highest BCUT2D eigenvalue weighted by molar-refractivity contribution is 5.37. The van der Waals surface area contributed by atoms with Crippen LogP contribution in [0, 0.1) is 6.92 Å². The van der Waals surface area contributed by atoms with Crippen LogP contribution in [0.4, 0.5) is 5.82 Å². The van der Waals surface area contributed by atoms with Gasteiger partial charge in [0.15, 0.2) is 0 Å². The minimum absolute atomic E-state index is 0.317. The summed E-state index contributed by atoms with van der Waals surface area (Å²) in [6.07, 6.45) is 4.16. The zero-order valence-electron chi connectivity index (χ0n) is 8.73. The van der Waals surface area contributed by atoms with E-state index in [0.29, 0.717) is 12.1 Å². The van der Waals surface area contributed by atoms with Crippen molar-refractivity contribution in [3.63, 3.8) is 0 Å². The predicted octanol–water partition coefficient (Wildman–Crippen LogP) is 1.51. The van der Waals surface area contributed by atoms with Gasteiger partial charge in [-0.1, -0.05) is 0 Å². The highest BCUT2D eigenvalue weighted by Gasteiger charge is 2.22. The molecule has 0 amide bonds. The Labute approximate surface area is 84.0 Å². The van der Waals surface area contributed by atoms with Crippen molar-refractivity contribution in [2.45, 2.75) is 38.8 Å². The molecular formula is C10H17N3O. The first-order chi connectivity index (χ1) is 6.68. The SMILES string of the molecule is Cc1cnn(C2CCOC(C)C2)c1N. The van der Waals surface area contributed by atoms with E-state index in [4.69, 9.17) is 10.5 Å². The fraction of sp³-hybridized carbons (Fsp3) is 0.700. The van der Waals surface area contributed by atoms with Crippen molar-refractivity contribution in [3.05, 3.63) is 11.8 Å². The minimum atomic E-state index is 0.317. The van der Waals surface area contributed by atoms with Crippen LogP contribution in [-0.2, 0) is 4.74 Å². The van der Waals surface area contributed by atoms with Crippen LogP contribution >= 0.6 is 0 Å². The van der Waals surface area contributed by atoms with E-state index in [1.165, 1.54) is 0 Å². The van der Waals surface area contributed by atoms with E-state index in [1.54, 1.807) is 0 Å². The molecule has 0 radical (unpaired) electrons. The molecule has 2 unspecified atom stereocenters. The molecule has 0 aliphatic carbocycles. The van der Waals surface area contributed by atoms with Crippen molar-refractivity contribution in [1.29, 1.82) is 0 Å². The molecule has 1 saturated heterocycles. The molecule has 1 aromatic rings. The van der Waals surface area contributed by atoms with E-state index in [9.17, 15) is 0 Å². The van der Waals surface area contributed by atoms with Crippen LogP contribution in [0.5, 0.6) is 0 Å². The van der Waals surface area contributed by atoms with Crippen LogP contribution in [0.1, 0.15) is 31.4 Å². The van der Waals surface area contributed by atoms with Crippen molar-refractivity contribution in [2.24, 2.45) is 0 Å². The lowest BCUT2D eigenvalue weighted by Gasteiger charge is -2.28. The third-order valence-electron chi connectivity index (χ3n) is 2.83. The van der Waals surface area contributed by atoms with Gasteiger partial charge in [-0.3, -0.25) is 0 Å². The van der Waals surface area contributed by atoms with Gasteiger partial charge in [0.05, 0.1) is 18.3 Å². The molecule has 0 aromatic carbocycles. The van der Waals surface area contributed by atoms with Crippen molar-refractivity contribution in [2.75, 3.05) is 12.3 Å².